The molecule has 1 saturated heterocycles. The first-order valence-electron chi connectivity index (χ1n) is 8.22. The highest BCUT2D eigenvalue weighted by Crippen LogP contribution is 2.21. The van der Waals surface area contributed by atoms with Crippen LogP contribution in [0.4, 0.5) is 0 Å². The molecule has 1 aliphatic rings. The Labute approximate surface area is 132 Å². The molecule has 1 fully saturated rings. The van der Waals surface area contributed by atoms with Crippen LogP contribution >= 0.6 is 0 Å². The molecule has 1 aromatic rings. The Morgan fingerprint density at radius 2 is 1.73 bits per heavy atom. The second-order valence-corrected chi connectivity index (χ2v) is 5.98. The monoisotopic (exact) mass is 302 g/mol. The molecule has 4 nitrogen and oxygen atoms in total. The van der Waals surface area contributed by atoms with Crippen molar-refractivity contribution in [2.75, 3.05) is 26.7 Å². The van der Waals surface area contributed by atoms with Crippen molar-refractivity contribution >= 4 is 11.7 Å². The summed E-state index contributed by atoms with van der Waals surface area (Å²) >= 11 is 0. The highest BCUT2D eigenvalue weighted by Gasteiger charge is 2.23. The number of hydrogen-bond donors (Lipinski definition) is 1. The zero-order valence-electron chi connectivity index (χ0n) is 13.6. The number of Topliss-reactive ketones (excluding diaryl/α,β-unsaturated/α-hetero) is 1. The minimum atomic E-state index is 0.0857. The van der Waals surface area contributed by atoms with Gasteiger partial charge in [0.25, 0.3) is 5.91 Å². The van der Waals surface area contributed by atoms with E-state index in [0.717, 1.165) is 38.4 Å². The summed E-state index contributed by atoms with van der Waals surface area (Å²) in [6.45, 7) is 4.57. The van der Waals surface area contributed by atoms with E-state index < -0.39 is 0 Å². The van der Waals surface area contributed by atoms with Crippen molar-refractivity contribution in [2.24, 2.45) is 5.92 Å². The Morgan fingerprint density at radius 3 is 2.27 bits per heavy atom. The van der Waals surface area contributed by atoms with Gasteiger partial charge in [0.2, 0.25) is 0 Å². The number of nitrogens with one attached hydrogen (secondary N) is 1. The van der Waals surface area contributed by atoms with E-state index in [0.29, 0.717) is 17.5 Å². The first-order valence-corrected chi connectivity index (χ1v) is 8.22. The molecule has 0 bridgehead atoms. The quantitative estimate of drug-likeness (QED) is 0.822. The van der Waals surface area contributed by atoms with Gasteiger partial charge in [-0.2, -0.15) is 0 Å². The molecule has 1 aliphatic heterocycles. The van der Waals surface area contributed by atoms with E-state index in [1.54, 1.807) is 24.3 Å². The van der Waals surface area contributed by atoms with Gasteiger partial charge in [-0.25, -0.2) is 0 Å². The summed E-state index contributed by atoms with van der Waals surface area (Å²) in [6, 6.07) is 7.08. The molecule has 120 valence electrons. The molecule has 1 N–H and O–H groups in total. The van der Waals surface area contributed by atoms with Crippen LogP contribution in [0.2, 0.25) is 0 Å². The van der Waals surface area contributed by atoms with Gasteiger partial charge in [0.05, 0.1) is 0 Å². The summed E-state index contributed by atoms with van der Waals surface area (Å²) in [6.07, 6.45) is 3.85. The molecular weight excluding hydrogens is 276 g/mol. The Hall–Kier alpha value is -1.68. The van der Waals surface area contributed by atoms with Crippen LogP contribution in [0.3, 0.4) is 0 Å². The van der Waals surface area contributed by atoms with Crippen LogP contribution in [0, 0.1) is 5.92 Å². The summed E-state index contributed by atoms with van der Waals surface area (Å²) in [5, 5.41) is 3.19. The predicted molar refractivity (Wildman–Crippen MR) is 88.2 cm³/mol. The molecule has 0 aliphatic carbocycles. The molecule has 0 unspecified atom stereocenters. The fourth-order valence-corrected chi connectivity index (χ4v) is 2.96. The van der Waals surface area contributed by atoms with E-state index in [4.69, 9.17) is 0 Å². The van der Waals surface area contributed by atoms with Crippen LogP contribution in [-0.2, 0) is 0 Å². The summed E-state index contributed by atoms with van der Waals surface area (Å²) in [5.41, 5.74) is 1.37. The third-order valence-electron chi connectivity index (χ3n) is 4.48. The van der Waals surface area contributed by atoms with Gasteiger partial charge >= 0.3 is 0 Å². The van der Waals surface area contributed by atoms with Crippen molar-refractivity contribution in [3.63, 3.8) is 0 Å². The number of amides is 1. The molecule has 1 amide bonds. The number of hydrogen-bond acceptors (Lipinski definition) is 3. The third-order valence-corrected chi connectivity index (χ3v) is 4.48. The van der Waals surface area contributed by atoms with E-state index in [1.807, 2.05) is 18.9 Å². The minimum absolute atomic E-state index is 0.0857. The smallest absolute Gasteiger partial charge is 0.253 e. The number of rotatable bonds is 6. The number of nitrogens with zero attached hydrogens (tertiary/aromatic N) is 1. The molecule has 0 spiro atoms. The van der Waals surface area contributed by atoms with Crippen molar-refractivity contribution in [3.05, 3.63) is 35.4 Å². The number of likely N-dealkylation sites (tertiary alicyclic amines) is 1. The Bertz CT molecular complexity index is 502. The third kappa shape index (κ3) is 4.17. The molecule has 4 heteroatoms. The van der Waals surface area contributed by atoms with E-state index >= 15 is 0 Å². The summed E-state index contributed by atoms with van der Waals surface area (Å²) in [7, 11) is 1.98. The van der Waals surface area contributed by atoms with Gasteiger partial charge in [-0.05, 0) is 50.9 Å². The van der Waals surface area contributed by atoms with Gasteiger partial charge in [0.1, 0.15) is 0 Å². The molecule has 0 saturated carbocycles. The molecule has 2 rings (SSSR count). The van der Waals surface area contributed by atoms with Gasteiger partial charge in [-0.3, -0.25) is 9.59 Å². The zero-order chi connectivity index (χ0) is 15.9. The van der Waals surface area contributed by atoms with Gasteiger partial charge in [-0.1, -0.05) is 19.1 Å². The van der Waals surface area contributed by atoms with Gasteiger partial charge in [-0.15, -0.1) is 0 Å². The Balaban J connectivity index is 1.91. The number of benzene rings is 1. The predicted octanol–water partition coefficient (Wildman–Crippen LogP) is 2.74. The van der Waals surface area contributed by atoms with Crippen molar-refractivity contribution < 1.29 is 9.59 Å². The fourth-order valence-electron chi connectivity index (χ4n) is 2.96. The molecule has 0 aromatic heterocycles. The number of piperidine rings is 1. The van der Waals surface area contributed by atoms with Crippen LogP contribution in [-0.4, -0.2) is 43.3 Å². The lowest BCUT2D eigenvalue weighted by Crippen LogP contribution is -2.38. The lowest BCUT2D eigenvalue weighted by Gasteiger charge is -2.32. The van der Waals surface area contributed by atoms with Gasteiger partial charge in [0, 0.05) is 30.6 Å². The van der Waals surface area contributed by atoms with E-state index in [9.17, 15) is 9.59 Å². The highest BCUT2D eigenvalue weighted by molar-refractivity contribution is 5.98. The lowest BCUT2D eigenvalue weighted by molar-refractivity contribution is 0.0686. The molecule has 1 aromatic carbocycles. The fraction of sp³-hybridized carbons (Fsp3) is 0.556. The molecule has 0 radical (unpaired) electrons. The maximum absolute atomic E-state index is 12.5. The van der Waals surface area contributed by atoms with E-state index in [-0.39, 0.29) is 11.7 Å². The Morgan fingerprint density at radius 1 is 1.14 bits per heavy atom. The summed E-state index contributed by atoms with van der Waals surface area (Å²) in [5.74, 6) is 0.924. The molecule has 1 heterocycles. The Kier molecular flexibility index (Phi) is 6.13. The van der Waals surface area contributed by atoms with Crippen LogP contribution in [0.25, 0.3) is 0 Å². The molecule has 0 atom stereocenters. The van der Waals surface area contributed by atoms with E-state index in [2.05, 4.69) is 5.32 Å². The average Bonchev–Trinajstić information content (AvgIpc) is 2.59. The summed E-state index contributed by atoms with van der Waals surface area (Å²) < 4.78 is 0. The van der Waals surface area contributed by atoms with E-state index in [1.165, 1.54) is 6.42 Å². The second-order valence-electron chi connectivity index (χ2n) is 5.98. The van der Waals surface area contributed by atoms with Crippen LogP contribution in [0.15, 0.2) is 24.3 Å². The van der Waals surface area contributed by atoms with Crippen LogP contribution < -0.4 is 5.32 Å². The van der Waals surface area contributed by atoms with Crippen molar-refractivity contribution in [1.29, 1.82) is 0 Å². The highest BCUT2D eigenvalue weighted by atomic mass is 16.2. The van der Waals surface area contributed by atoms with Crippen molar-refractivity contribution in [1.82, 2.24) is 10.2 Å². The normalized spacial score (nSPS) is 15.8. The molecular formula is C18H26N2O2. The van der Waals surface area contributed by atoms with Crippen LogP contribution in [0.5, 0.6) is 0 Å². The minimum Gasteiger partial charge on any atom is -0.339 e. The molecule has 22 heavy (non-hydrogen) atoms. The standard InChI is InChI=1S/C18H26N2O2/c1-3-17(21)15-4-6-16(7-5-15)18(22)20-12-9-14(10-13-20)8-11-19-2/h4-7,14,19H,3,8-13H2,1-2H3. The second kappa shape index (κ2) is 8.08. The first kappa shape index (κ1) is 16.7. The number of ketones is 1. The number of carbonyl (C=O) groups is 2. The average molecular weight is 302 g/mol. The summed E-state index contributed by atoms with van der Waals surface area (Å²) in [4.78, 5) is 26.1. The lowest BCUT2D eigenvalue weighted by atomic mass is 9.93. The first-order chi connectivity index (χ1) is 10.7. The van der Waals surface area contributed by atoms with Gasteiger partial charge in [0.15, 0.2) is 5.78 Å². The zero-order valence-corrected chi connectivity index (χ0v) is 13.6. The maximum atomic E-state index is 12.5. The van der Waals surface area contributed by atoms with Crippen molar-refractivity contribution in [2.45, 2.75) is 32.6 Å². The largest absolute Gasteiger partial charge is 0.339 e. The van der Waals surface area contributed by atoms with Gasteiger partial charge < -0.3 is 10.2 Å². The van der Waals surface area contributed by atoms with Crippen LogP contribution in [0.1, 0.15) is 53.3 Å². The topological polar surface area (TPSA) is 49.4 Å². The SMILES string of the molecule is CCC(=O)c1ccc(C(=O)N2CCC(CCNC)CC2)cc1. The van der Waals surface area contributed by atoms with Crippen molar-refractivity contribution in [3.8, 4) is 0 Å². The number of carbonyl (C=O) groups excluding carboxylic acids is 2. The maximum Gasteiger partial charge on any atom is 0.253 e.